The van der Waals surface area contributed by atoms with Gasteiger partial charge in [-0.2, -0.15) is 0 Å². The molecule has 0 aromatic heterocycles. The first-order valence-corrected chi connectivity index (χ1v) is 5.99. The third-order valence-corrected chi connectivity index (χ3v) is 3.80. The monoisotopic (exact) mass is 250 g/mol. The Kier molecular flexibility index (Phi) is 2.95. The van der Waals surface area contributed by atoms with Crippen LogP contribution >= 0.6 is 0 Å². The van der Waals surface area contributed by atoms with E-state index >= 15 is 0 Å². The normalized spacial score (nSPS) is 32.1. The molecule has 1 fully saturated rings. The van der Waals surface area contributed by atoms with Gasteiger partial charge in [0.25, 0.3) is 0 Å². The van der Waals surface area contributed by atoms with Gasteiger partial charge in [-0.1, -0.05) is 44.2 Å². The molecule has 1 aliphatic rings. The van der Waals surface area contributed by atoms with E-state index in [1.807, 2.05) is 6.07 Å². The van der Waals surface area contributed by atoms with E-state index in [1.54, 1.807) is 45.0 Å². The van der Waals surface area contributed by atoms with Crippen LogP contribution in [0.2, 0.25) is 0 Å². The van der Waals surface area contributed by atoms with Crippen molar-refractivity contribution < 1.29 is 19.7 Å². The highest BCUT2D eigenvalue weighted by Crippen LogP contribution is 2.50. The number of esters is 1. The van der Waals surface area contributed by atoms with Gasteiger partial charge in [0.1, 0.15) is 6.10 Å². The molecule has 1 heterocycles. The number of benzene rings is 1. The molecule has 3 atom stereocenters. The van der Waals surface area contributed by atoms with Crippen molar-refractivity contribution in [2.45, 2.75) is 38.6 Å². The van der Waals surface area contributed by atoms with E-state index in [-0.39, 0.29) is 0 Å². The third kappa shape index (κ3) is 1.56. The highest BCUT2D eigenvalue weighted by Gasteiger charge is 2.64. The maximum absolute atomic E-state index is 12.0. The fraction of sp³-hybridized carbons (Fsp3) is 0.500. The molecule has 0 aliphatic carbocycles. The second-order valence-corrected chi connectivity index (χ2v) is 5.36. The third-order valence-electron chi connectivity index (χ3n) is 3.80. The minimum absolute atomic E-state index is 0.489. The van der Waals surface area contributed by atoms with Crippen molar-refractivity contribution in [3.63, 3.8) is 0 Å². The van der Waals surface area contributed by atoms with Gasteiger partial charge in [0.05, 0.1) is 6.10 Å². The van der Waals surface area contributed by atoms with Gasteiger partial charge in [-0.25, -0.2) is 4.79 Å². The van der Waals surface area contributed by atoms with Gasteiger partial charge < -0.3 is 14.9 Å². The van der Waals surface area contributed by atoms with Crippen LogP contribution in [0.4, 0.5) is 0 Å². The molecule has 4 nitrogen and oxygen atoms in total. The molecule has 0 amide bonds. The molecule has 1 saturated heterocycles. The number of hydrogen-bond donors (Lipinski definition) is 2. The van der Waals surface area contributed by atoms with Crippen LogP contribution in [-0.2, 0) is 15.1 Å². The number of aliphatic hydroxyl groups excluding tert-OH is 1. The second kappa shape index (κ2) is 4.07. The molecule has 1 unspecified atom stereocenters. The maximum atomic E-state index is 12.0. The molecule has 0 bridgehead atoms. The zero-order valence-corrected chi connectivity index (χ0v) is 10.8. The van der Waals surface area contributed by atoms with Gasteiger partial charge in [0, 0.05) is 5.41 Å². The summed E-state index contributed by atoms with van der Waals surface area (Å²) in [6.07, 6.45) is -1.56. The molecule has 0 radical (unpaired) electrons. The lowest BCUT2D eigenvalue weighted by Crippen LogP contribution is -2.48. The van der Waals surface area contributed by atoms with Gasteiger partial charge in [0.2, 0.25) is 0 Å². The van der Waals surface area contributed by atoms with Gasteiger partial charge in [0.15, 0.2) is 5.60 Å². The summed E-state index contributed by atoms with van der Waals surface area (Å²) in [7, 11) is 0. The Morgan fingerprint density at radius 1 is 1.28 bits per heavy atom. The Morgan fingerprint density at radius 2 is 1.83 bits per heavy atom. The Hall–Kier alpha value is -1.39. The zero-order valence-electron chi connectivity index (χ0n) is 10.8. The fourth-order valence-corrected chi connectivity index (χ4v) is 2.69. The molecule has 2 rings (SSSR count). The van der Waals surface area contributed by atoms with Crippen molar-refractivity contribution in [2.75, 3.05) is 0 Å². The predicted octanol–water partition coefficient (Wildman–Crippen LogP) is 1.21. The largest absolute Gasteiger partial charge is 0.456 e. The van der Waals surface area contributed by atoms with Crippen molar-refractivity contribution in [3.05, 3.63) is 35.9 Å². The number of rotatable bonds is 2. The maximum Gasteiger partial charge on any atom is 0.343 e. The van der Waals surface area contributed by atoms with E-state index in [9.17, 15) is 15.0 Å². The van der Waals surface area contributed by atoms with Crippen LogP contribution < -0.4 is 0 Å². The van der Waals surface area contributed by atoms with E-state index in [1.165, 1.54) is 0 Å². The number of aliphatic hydroxyl groups is 2. The lowest BCUT2D eigenvalue weighted by Gasteiger charge is -2.36. The fourth-order valence-electron chi connectivity index (χ4n) is 2.69. The minimum Gasteiger partial charge on any atom is -0.456 e. The Bertz CT molecular complexity index is 452. The number of carbonyl (C=O) groups is 1. The summed E-state index contributed by atoms with van der Waals surface area (Å²) >= 11 is 0. The number of cyclic esters (lactones) is 1. The molecular weight excluding hydrogens is 232 g/mol. The van der Waals surface area contributed by atoms with E-state index in [4.69, 9.17) is 4.74 Å². The Labute approximate surface area is 106 Å². The highest BCUT2D eigenvalue weighted by molar-refractivity contribution is 5.85. The van der Waals surface area contributed by atoms with Gasteiger partial charge >= 0.3 is 5.97 Å². The molecule has 1 aromatic rings. The summed E-state index contributed by atoms with van der Waals surface area (Å²) in [5.41, 5.74) is -2.14. The van der Waals surface area contributed by atoms with Gasteiger partial charge in [-0.15, -0.1) is 0 Å². The van der Waals surface area contributed by atoms with Crippen LogP contribution in [0.1, 0.15) is 26.3 Å². The zero-order chi connectivity index (χ0) is 13.6. The summed E-state index contributed by atoms with van der Waals surface area (Å²) in [4.78, 5) is 12.0. The van der Waals surface area contributed by atoms with Crippen molar-refractivity contribution >= 4 is 5.97 Å². The standard InChI is InChI=1S/C14H18O4/c1-9(15)11-13(2,3)14(17,12(16)18-11)10-7-5-4-6-8-10/h4-9,11,15,17H,1-3H3/t9?,11-,14-/m0/s1. The van der Waals surface area contributed by atoms with Crippen molar-refractivity contribution in [1.29, 1.82) is 0 Å². The number of hydrogen-bond acceptors (Lipinski definition) is 4. The van der Waals surface area contributed by atoms with E-state index < -0.39 is 29.2 Å². The first-order chi connectivity index (χ1) is 8.31. The van der Waals surface area contributed by atoms with E-state index in [2.05, 4.69) is 0 Å². The average molecular weight is 250 g/mol. The van der Waals surface area contributed by atoms with E-state index in [0.29, 0.717) is 5.56 Å². The molecule has 1 aliphatic heterocycles. The molecule has 2 N–H and O–H groups in total. The lowest BCUT2D eigenvalue weighted by molar-refractivity contribution is -0.158. The Balaban J connectivity index is 2.53. The predicted molar refractivity (Wildman–Crippen MR) is 65.7 cm³/mol. The van der Waals surface area contributed by atoms with Crippen molar-refractivity contribution in [3.8, 4) is 0 Å². The summed E-state index contributed by atoms with van der Waals surface area (Å²) in [5.74, 6) is -0.704. The molecule has 18 heavy (non-hydrogen) atoms. The number of ether oxygens (including phenoxy) is 1. The quantitative estimate of drug-likeness (QED) is 0.774. The summed E-state index contributed by atoms with van der Waals surface area (Å²) in [5, 5.41) is 20.5. The molecule has 4 heteroatoms. The van der Waals surface area contributed by atoms with Crippen LogP contribution in [0.15, 0.2) is 30.3 Å². The van der Waals surface area contributed by atoms with Crippen LogP contribution in [0, 0.1) is 5.41 Å². The smallest absolute Gasteiger partial charge is 0.343 e. The SMILES string of the molecule is CC(O)[C@@H]1OC(=O)[C@@](O)(c2ccccc2)C1(C)C. The second-order valence-electron chi connectivity index (χ2n) is 5.36. The molecule has 0 spiro atoms. The number of carbonyl (C=O) groups excluding carboxylic acids is 1. The average Bonchev–Trinajstić information content (AvgIpc) is 2.52. The summed E-state index contributed by atoms with van der Waals surface area (Å²) in [6.45, 7) is 5.00. The van der Waals surface area contributed by atoms with Crippen LogP contribution in [0.5, 0.6) is 0 Å². The van der Waals surface area contributed by atoms with Crippen molar-refractivity contribution in [2.24, 2.45) is 5.41 Å². The van der Waals surface area contributed by atoms with E-state index in [0.717, 1.165) is 0 Å². The first kappa shape index (κ1) is 13.1. The summed E-state index contributed by atoms with van der Waals surface area (Å²) in [6, 6.07) is 8.70. The highest BCUT2D eigenvalue weighted by atomic mass is 16.6. The van der Waals surface area contributed by atoms with Gasteiger partial charge in [-0.3, -0.25) is 0 Å². The topological polar surface area (TPSA) is 66.8 Å². The first-order valence-electron chi connectivity index (χ1n) is 5.99. The van der Waals surface area contributed by atoms with Gasteiger partial charge in [-0.05, 0) is 12.5 Å². The molecule has 98 valence electrons. The molecule has 0 saturated carbocycles. The van der Waals surface area contributed by atoms with Crippen LogP contribution in [-0.4, -0.2) is 28.4 Å². The Morgan fingerprint density at radius 3 is 2.28 bits per heavy atom. The molecular formula is C14H18O4. The van der Waals surface area contributed by atoms with Crippen LogP contribution in [0.3, 0.4) is 0 Å². The lowest BCUT2D eigenvalue weighted by atomic mass is 9.68. The minimum atomic E-state index is -1.73. The molecule has 1 aromatic carbocycles. The van der Waals surface area contributed by atoms with Crippen LogP contribution in [0.25, 0.3) is 0 Å². The summed E-state index contributed by atoms with van der Waals surface area (Å²) < 4.78 is 5.17. The van der Waals surface area contributed by atoms with Crippen molar-refractivity contribution in [1.82, 2.24) is 0 Å².